The molecule has 1 unspecified atom stereocenters. The normalized spacial score (nSPS) is 11.5. The number of hydrogen-bond acceptors (Lipinski definition) is 8. The van der Waals surface area contributed by atoms with E-state index in [9.17, 15) is 13.6 Å². The first-order chi connectivity index (χ1) is 21.4. The summed E-state index contributed by atoms with van der Waals surface area (Å²) in [5, 5.41) is 6.09. The van der Waals surface area contributed by atoms with E-state index in [2.05, 4.69) is 10.6 Å². The van der Waals surface area contributed by atoms with Gasteiger partial charge in [-0.25, -0.2) is 18.5 Å². The summed E-state index contributed by atoms with van der Waals surface area (Å²) in [6.07, 6.45) is 0.702. The molecule has 12 heteroatoms. The Labute approximate surface area is 257 Å². The van der Waals surface area contributed by atoms with Gasteiger partial charge in [0.05, 0.1) is 38.1 Å². The number of benzene rings is 4. The van der Waals surface area contributed by atoms with Crippen LogP contribution in [-0.2, 0) is 22.5 Å². The van der Waals surface area contributed by atoms with Crippen molar-refractivity contribution in [3.63, 3.8) is 0 Å². The van der Waals surface area contributed by atoms with E-state index in [0.29, 0.717) is 46.0 Å². The maximum Gasteiger partial charge on any atom is 0.268 e. The Morgan fingerprint density at radius 3 is 2.18 bits per heavy atom. The van der Waals surface area contributed by atoms with E-state index in [4.69, 9.17) is 24.2 Å². The molecular weight excluding hydrogens is 582 g/mol. The number of anilines is 5. The molecule has 1 amide bonds. The highest BCUT2D eigenvalue weighted by Crippen LogP contribution is 2.36. The van der Waals surface area contributed by atoms with Gasteiger partial charge in [-0.15, -0.1) is 0 Å². The molecular formula is C32H31N5O6S. The highest BCUT2D eigenvalue weighted by Gasteiger charge is 2.24. The summed E-state index contributed by atoms with van der Waals surface area (Å²) in [6, 6.07) is 26.6. The summed E-state index contributed by atoms with van der Waals surface area (Å²) in [6.45, 7) is 0. The number of aryl methyl sites for hydroxylation is 1. The number of amides is 1. The Bertz CT molecular complexity index is 1800. The number of methoxy groups -OCH3 is 3. The fraction of sp³-hybridized carbons (Fsp3) is 0.156. The van der Waals surface area contributed by atoms with Gasteiger partial charge in [-0.3, -0.25) is 9.35 Å². The van der Waals surface area contributed by atoms with E-state index in [-0.39, 0.29) is 24.0 Å². The van der Waals surface area contributed by atoms with E-state index in [1.165, 1.54) is 0 Å². The van der Waals surface area contributed by atoms with E-state index in [0.717, 1.165) is 15.6 Å². The van der Waals surface area contributed by atoms with Gasteiger partial charge in [0, 0.05) is 36.0 Å². The third-order valence-electron chi connectivity index (χ3n) is 6.69. The van der Waals surface area contributed by atoms with Crippen molar-refractivity contribution in [2.24, 2.45) is 0 Å². The van der Waals surface area contributed by atoms with Crippen LogP contribution in [0.25, 0.3) is 11.0 Å². The lowest BCUT2D eigenvalue weighted by atomic mass is 10.1. The Hall–Kier alpha value is -5.20. The lowest BCUT2D eigenvalue weighted by Crippen LogP contribution is -2.22. The van der Waals surface area contributed by atoms with Crippen LogP contribution in [0.4, 0.5) is 28.7 Å². The quantitative estimate of drug-likeness (QED) is 0.140. The number of para-hydroxylation sites is 3. The molecule has 0 aliphatic rings. The van der Waals surface area contributed by atoms with Crippen LogP contribution in [0, 0.1) is 0 Å². The minimum Gasteiger partial charge on any atom is -0.497 e. The van der Waals surface area contributed by atoms with Gasteiger partial charge >= 0.3 is 0 Å². The molecule has 3 N–H and O–H groups in total. The number of nitrogens with zero attached hydrogens (tertiary/aromatic N) is 3. The minimum atomic E-state index is -2.57. The number of nitrogens with one attached hydrogen (secondary N) is 2. The molecule has 0 radical (unpaired) electrons. The van der Waals surface area contributed by atoms with E-state index in [1.807, 2.05) is 36.4 Å². The van der Waals surface area contributed by atoms with Gasteiger partial charge in [0.1, 0.15) is 17.2 Å². The van der Waals surface area contributed by atoms with Gasteiger partial charge in [-0.05, 0) is 48.4 Å². The molecule has 0 aliphatic heterocycles. The lowest BCUT2D eigenvalue weighted by molar-refractivity contribution is -0.116. The first-order valence-corrected chi connectivity index (χ1v) is 14.6. The fourth-order valence-electron chi connectivity index (χ4n) is 4.61. The molecule has 11 nitrogen and oxygen atoms in total. The summed E-state index contributed by atoms with van der Waals surface area (Å²) in [5.74, 6) is 1.89. The SMILES string of the molecule is COc1cc(Nc2nc3ccccc3nc2N(c2cccc(NC(=O)CCc3ccccc3OC)c2)S(=O)O)cc(OC)c1. The van der Waals surface area contributed by atoms with Crippen molar-refractivity contribution in [3.8, 4) is 17.2 Å². The Kier molecular flexibility index (Phi) is 9.52. The zero-order chi connectivity index (χ0) is 31.1. The molecule has 5 aromatic rings. The van der Waals surface area contributed by atoms with Gasteiger partial charge in [-0.1, -0.05) is 36.4 Å². The van der Waals surface area contributed by atoms with Crippen molar-refractivity contribution >= 4 is 56.9 Å². The number of rotatable bonds is 12. The number of hydrogen-bond donors (Lipinski definition) is 3. The summed E-state index contributed by atoms with van der Waals surface area (Å²) in [7, 11) is 4.68. The van der Waals surface area contributed by atoms with E-state index < -0.39 is 11.3 Å². The van der Waals surface area contributed by atoms with Crippen LogP contribution in [0.3, 0.4) is 0 Å². The second kappa shape index (κ2) is 13.8. The van der Waals surface area contributed by atoms with Gasteiger partial charge < -0.3 is 24.8 Å². The summed E-state index contributed by atoms with van der Waals surface area (Å²) < 4.78 is 40.7. The third-order valence-corrected chi connectivity index (χ3v) is 7.39. The van der Waals surface area contributed by atoms with Gasteiger partial charge in [0.25, 0.3) is 11.3 Å². The zero-order valence-corrected chi connectivity index (χ0v) is 25.1. The average Bonchev–Trinajstić information content (AvgIpc) is 3.04. The second-order valence-corrected chi connectivity index (χ2v) is 10.4. The maximum absolute atomic E-state index is 12.9. The first kappa shape index (κ1) is 30.3. The van der Waals surface area contributed by atoms with Crippen LogP contribution in [0.2, 0.25) is 0 Å². The minimum absolute atomic E-state index is 0.0889. The zero-order valence-electron chi connectivity index (χ0n) is 24.3. The molecule has 0 bridgehead atoms. The predicted octanol–water partition coefficient (Wildman–Crippen LogP) is 6.25. The molecule has 0 saturated carbocycles. The van der Waals surface area contributed by atoms with Crippen LogP contribution < -0.4 is 29.1 Å². The van der Waals surface area contributed by atoms with Crippen molar-refractivity contribution in [1.82, 2.24) is 9.97 Å². The molecule has 0 spiro atoms. The molecule has 44 heavy (non-hydrogen) atoms. The molecule has 1 atom stereocenters. The number of aromatic nitrogens is 2. The number of ether oxygens (including phenoxy) is 3. The standard InChI is InChI=1S/C32H31N5O6S/c1-41-25-18-23(19-26(20-25)42-2)34-31-32(36-28-13-6-5-12-27(28)35-31)37(44(39)40)24-11-8-10-22(17-24)33-30(38)16-15-21-9-4-7-14-29(21)43-3/h4-14,17-20H,15-16H2,1-3H3,(H,33,38)(H,34,35)(H,39,40). The fourth-order valence-corrected chi connectivity index (χ4v) is 5.18. The monoisotopic (exact) mass is 613 g/mol. The second-order valence-electron chi connectivity index (χ2n) is 9.55. The highest BCUT2D eigenvalue weighted by molar-refractivity contribution is 7.81. The molecule has 1 aromatic heterocycles. The number of carbonyl (C=O) groups excluding carboxylic acids is 1. The third kappa shape index (κ3) is 7.05. The van der Waals surface area contributed by atoms with Crippen molar-refractivity contribution in [2.45, 2.75) is 12.8 Å². The topological polar surface area (TPSA) is 135 Å². The lowest BCUT2D eigenvalue weighted by Gasteiger charge is -2.23. The molecule has 0 saturated heterocycles. The van der Waals surface area contributed by atoms with Gasteiger partial charge in [0.15, 0.2) is 11.6 Å². The maximum atomic E-state index is 12.9. The van der Waals surface area contributed by atoms with Crippen LogP contribution in [-0.4, -0.2) is 46.0 Å². The summed E-state index contributed by atoms with van der Waals surface area (Å²) in [5.41, 5.74) is 3.34. The molecule has 226 valence electrons. The average molecular weight is 614 g/mol. The van der Waals surface area contributed by atoms with Crippen molar-refractivity contribution in [2.75, 3.05) is 36.3 Å². The smallest absolute Gasteiger partial charge is 0.268 e. The van der Waals surface area contributed by atoms with E-state index in [1.54, 1.807) is 75.9 Å². The van der Waals surface area contributed by atoms with Crippen LogP contribution in [0.15, 0.2) is 91.0 Å². The predicted molar refractivity (Wildman–Crippen MR) is 172 cm³/mol. The Balaban J connectivity index is 1.47. The van der Waals surface area contributed by atoms with Gasteiger partial charge in [0.2, 0.25) is 5.91 Å². The van der Waals surface area contributed by atoms with Crippen molar-refractivity contribution in [1.29, 1.82) is 0 Å². The van der Waals surface area contributed by atoms with Crippen LogP contribution >= 0.6 is 0 Å². The van der Waals surface area contributed by atoms with E-state index >= 15 is 0 Å². The Morgan fingerprint density at radius 2 is 1.50 bits per heavy atom. The largest absolute Gasteiger partial charge is 0.497 e. The first-order valence-electron chi connectivity index (χ1n) is 13.6. The van der Waals surface area contributed by atoms with Crippen molar-refractivity contribution < 1.29 is 27.8 Å². The molecule has 1 heterocycles. The van der Waals surface area contributed by atoms with Crippen molar-refractivity contribution in [3.05, 3.63) is 96.6 Å². The molecule has 5 rings (SSSR count). The van der Waals surface area contributed by atoms with Crippen LogP contribution in [0.1, 0.15) is 12.0 Å². The summed E-state index contributed by atoms with van der Waals surface area (Å²) >= 11 is -2.57. The summed E-state index contributed by atoms with van der Waals surface area (Å²) in [4.78, 5) is 22.3. The number of carbonyl (C=O) groups is 1. The molecule has 0 aliphatic carbocycles. The van der Waals surface area contributed by atoms with Gasteiger partial charge in [-0.2, -0.15) is 0 Å². The van der Waals surface area contributed by atoms with Crippen LogP contribution in [0.5, 0.6) is 17.2 Å². The highest BCUT2D eigenvalue weighted by atomic mass is 32.2. The number of fused-ring (bicyclic) bond motifs is 1. The molecule has 0 fully saturated rings. The molecule has 4 aromatic carbocycles. The Morgan fingerprint density at radius 1 is 0.818 bits per heavy atom.